The molecule has 2 aromatic carbocycles. The lowest BCUT2D eigenvalue weighted by atomic mass is 10.1. The zero-order valence-corrected chi connectivity index (χ0v) is 12.3. The molecule has 2 aromatic rings. The lowest BCUT2D eigenvalue weighted by Gasteiger charge is -2.17. The highest BCUT2D eigenvalue weighted by molar-refractivity contribution is 5.97. The second kappa shape index (κ2) is 7.29. The summed E-state index contributed by atoms with van der Waals surface area (Å²) in [5.74, 6) is -4.03. The fourth-order valence-electron chi connectivity index (χ4n) is 2.08. The van der Waals surface area contributed by atoms with Crippen molar-refractivity contribution in [3.8, 4) is 5.75 Å². The van der Waals surface area contributed by atoms with Gasteiger partial charge < -0.3 is 10.1 Å². The molecule has 0 aromatic heterocycles. The van der Waals surface area contributed by atoms with Crippen molar-refractivity contribution in [3.05, 3.63) is 65.0 Å². The SMILES string of the molecule is C[C@H](NC(=O)c1ccc(F)cc1OC(F)F)c1ccc(F)cc1F. The van der Waals surface area contributed by atoms with E-state index in [0.717, 1.165) is 24.3 Å². The van der Waals surface area contributed by atoms with Gasteiger partial charge in [0.15, 0.2) is 0 Å². The van der Waals surface area contributed by atoms with Crippen LogP contribution in [-0.2, 0) is 0 Å². The number of nitrogens with one attached hydrogen (secondary N) is 1. The third-order valence-electron chi connectivity index (χ3n) is 3.18. The number of benzene rings is 2. The average molecular weight is 345 g/mol. The summed E-state index contributed by atoms with van der Waals surface area (Å²) in [6, 6.07) is 4.45. The molecule has 0 radical (unpaired) electrons. The molecule has 0 aliphatic rings. The molecule has 0 aliphatic carbocycles. The molecule has 0 unspecified atom stereocenters. The Morgan fingerprint density at radius 1 is 1.04 bits per heavy atom. The van der Waals surface area contributed by atoms with Crippen LogP contribution in [0.1, 0.15) is 28.9 Å². The number of amides is 1. The highest BCUT2D eigenvalue weighted by atomic mass is 19.3. The van der Waals surface area contributed by atoms with Crippen molar-refractivity contribution in [2.24, 2.45) is 0 Å². The van der Waals surface area contributed by atoms with Crippen LogP contribution in [0.5, 0.6) is 5.75 Å². The number of halogens is 5. The first-order chi connectivity index (χ1) is 11.3. The summed E-state index contributed by atoms with van der Waals surface area (Å²) in [6.07, 6.45) is 0. The number of hydrogen-bond acceptors (Lipinski definition) is 2. The van der Waals surface area contributed by atoms with Gasteiger partial charge in [-0.05, 0) is 25.1 Å². The second-order valence-corrected chi connectivity index (χ2v) is 4.88. The molecule has 2 rings (SSSR count). The maximum atomic E-state index is 13.7. The van der Waals surface area contributed by atoms with Crippen LogP contribution in [0.15, 0.2) is 36.4 Å². The largest absolute Gasteiger partial charge is 0.434 e. The quantitative estimate of drug-likeness (QED) is 0.825. The summed E-state index contributed by atoms with van der Waals surface area (Å²) in [6.45, 7) is -1.82. The Bertz CT molecular complexity index is 751. The standard InChI is InChI=1S/C16H12F5NO2/c1-8(11-4-2-9(17)6-13(11)19)22-15(23)12-5-3-10(18)7-14(12)24-16(20)21/h2-8,16H,1H3,(H,22,23)/t8-/m0/s1. The summed E-state index contributed by atoms with van der Waals surface area (Å²) in [7, 11) is 0. The van der Waals surface area contributed by atoms with E-state index in [2.05, 4.69) is 10.1 Å². The van der Waals surface area contributed by atoms with Crippen molar-refractivity contribution in [1.82, 2.24) is 5.32 Å². The maximum absolute atomic E-state index is 13.7. The van der Waals surface area contributed by atoms with Gasteiger partial charge in [0.25, 0.3) is 5.91 Å². The molecule has 3 nitrogen and oxygen atoms in total. The highest BCUT2D eigenvalue weighted by Crippen LogP contribution is 2.24. The van der Waals surface area contributed by atoms with E-state index in [1.54, 1.807) is 0 Å². The van der Waals surface area contributed by atoms with Gasteiger partial charge in [0, 0.05) is 17.7 Å². The van der Waals surface area contributed by atoms with E-state index in [9.17, 15) is 26.7 Å². The minimum absolute atomic E-state index is 0.00295. The third-order valence-corrected chi connectivity index (χ3v) is 3.18. The van der Waals surface area contributed by atoms with Gasteiger partial charge in [0.1, 0.15) is 23.2 Å². The van der Waals surface area contributed by atoms with Crippen LogP contribution < -0.4 is 10.1 Å². The predicted octanol–water partition coefficient (Wildman–Crippen LogP) is 4.20. The Hall–Kier alpha value is -2.64. The van der Waals surface area contributed by atoms with Crippen molar-refractivity contribution in [2.75, 3.05) is 0 Å². The lowest BCUT2D eigenvalue weighted by Crippen LogP contribution is -2.28. The first-order valence-electron chi connectivity index (χ1n) is 6.78. The van der Waals surface area contributed by atoms with Crippen molar-refractivity contribution in [2.45, 2.75) is 19.6 Å². The van der Waals surface area contributed by atoms with Crippen LogP contribution in [0.25, 0.3) is 0 Å². The van der Waals surface area contributed by atoms with Gasteiger partial charge in [0.05, 0.1) is 11.6 Å². The number of carbonyl (C=O) groups is 1. The number of hydrogen-bond donors (Lipinski definition) is 1. The normalized spacial score (nSPS) is 12.1. The lowest BCUT2D eigenvalue weighted by molar-refractivity contribution is -0.0503. The Balaban J connectivity index is 2.23. The Kier molecular flexibility index (Phi) is 5.38. The molecule has 0 saturated heterocycles. The smallest absolute Gasteiger partial charge is 0.387 e. The third kappa shape index (κ3) is 4.21. The summed E-state index contributed by atoms with van der Waals surface area (Å²) < 4.78 is 68.6. The van der Waals surface area contributed by atoms with Crippen LogP contribution in [-0.4, -0.2) is 12.5 Å². The topological polar surface area (TPSA) is 38.3 Å². The molecule has 1 N–H and O–H groups in total. The molecule has 1 atom stereocenters. The maximum Gasteiger partial charge on any atom is 0.387 e. The summed E-state index contributed by atoms with van der Waals surface area (Å²) >= 11 is 0. The molecule has 128 valence electrons. The van der Waals surface area contributed by atoms with E-state index in [0.29, 0.717) is 12.1 Å². The van der Waals surface area contributed by atoms with Crippen LogP contribution >= 0.6 is 0 Å². The minimum Gasteiger partial charge on any atom is -0.434 e. The Morgan fingerprint density at radius 3 is 2.29 bits per heavy atom. The summed E-state index contributed by atoms with van der Waals surface area (Å²) in [5.41, 5.74) is -0.339. The fourth-order valence-corrected chi connectivity index (χ4v) is 2.08. The van der Waals surface area contributed by atoms with Crippen molar-refractivity contribution in [3.63, 3.8) is 0 Å². The molecule has 1 amide bonds. The van der Waals surface area contributed by atoms with Crippen molar-refractivity contribution in [1.29, 1.82) is 0 Å². The molecule has 0 fully saturated rings. The molecule has 0 aliphatic heterocycles. The van der Waals surface area contributed by atoms with E-state index in [-0.39, 0.29) is 11.1 Å². The van der Waals surface area contributed by atoms with E-state index in [1.165, 1.54) is 6.92 Å². The first-order valence-corrected chi connectivity index (χ1v) is 6.78. The van der Waals surface area contributed by atoms with Crippen LogP contribution in [0.4, 0.5) is 22.0 Å². The fraction of sp³-hybridized carbons (Fsp3) is 0.188. The molecular weight excluding hydrogens is 333 g/mol. The zero-order chi connectivity index (χ0) is 17.9. The van der Waals surface area contributed by atoms with Gasteiger partial charge in [-0.1, -0.05) is 6.07 Å². The highest BCUT2D eigenvalue weighted by Gasteiger charge is 2.20. The first kappa shape index (κ1) is 17.7. The van der Waals surface area contributed by atoms with Crippen LogP contribution in [0.2, 0.25) is 0 Å². The van der Waals surface area contributed by atoms with Gasteiger partial charge >= 0.3 is 6.61 Å². The van der Waals surface area contributed by atoms with Crippen LogP contribution in [0.3, 0.4) is 0 Å². The Labute approximate surface area is 134 Å². The van der Waals surface area contributed by atoms with Crippen LogP contribution in [0, 0.1) is 17.5 Å². The Morgan fingerprint density at radius 2 is 1.67 bits per heavy atom. The molecule has 0 bridgehead atoms. The molecule has 0 saturated carbocycles. The van der Waals surface area contributed by atoms with Gasteiger partial charge in [-0.3, -0.25) is 4.79 Å². The van der Waals surface area contributed by atoms with Gasteiger partial charge in [0.2, 0.25) is 0 Å². The monoisotopic (exact) mass is 345 g/mol. The van der Waals surface area contributed by atoms with Gasteiger partial charge in [-0.15, -0.1) is 0 Å². The molecule has 0 heterocycles. The molecule has 8 heteroatoms. The average Bonchev–Trinajstić information content (AvgIpc) is 2.46. The molecule has 24 heavy (non-hydrogen) atoms. The number of rotatable bonds is 5. The van der Waals surface area contributed by atoms with Crippen molar-refractivity contribution < 1.29 is 31.5 Å². The molecule has 0 spiro atoms. The van der Waals surface area contributed by atoms with Gasteiger partial charge in [-0.25, -0.2) is 13.2 Å². The van der Waals surface area contributed by atoms with Gasteiger partial charge in [-0.2, -0.15) is 8.78 Å². The van der Waals surface area contributed by atoms with E-state index >= 15 is 0 Å². The van der Waals surface area contributed by atoms with Crippen molar-refractivity contribution >= 4 is 5.91 Å². The number of ether oxygens (including phenoxy) is 1. The van der Waals surface area contributed by atoms with E-state index in [4.69, 9.17) is 0 Å². The number of carbonyl (C=O) groups excluding carboxylic acids is 1. The molecular formula is C16H12F5NO2. The summed E-state index contributed by atoms with van der Waals surface area (Å²) in [5, 5.41) is 2.36. The second-order valence-electron chi connectivity index (χ2n) is 4.88. The zero-order valence-electron chi connectivity index (χ0n) is 12.3. The summed E-state index contributed by atoms with van der Waals surface area (Å²) in [4.78, 5) is 12.2. The predicted molar refractivity (Wildman–Crippen MR) is 75.3 cm³/mol. The number of alkyl halides is 2. The van der Waals surface area contributed by atoms with E-state index in [1.807, 2.05) is 0 Å². The minimum atomic E-state index is -3.25. The van der Waals surface area contributed by atoms with E-state index < -0.39 is 41.8 Å².